The van der Waals surface area contributed by atoms with Crippen molar-refractivity contribution in [3.63, 3.8) is 0 Å². The molecule has 1 saturated carbocycles. The van der Waals surface area contributed by atoms with Gasteiger partial charge in [-0.2, -0.15) is 0 Å². The summed E-state index contributed by atoms with van der Waals surface area (Å²) in [7, 11) is 0. The van der Waals surface area contributed by atoms with Crippen LogP contribution in [0.4, 0.5) is 0 Å². The molecule has 3 rings (SSSR count). The van der Waals surface area contributed by atoms with Crippen LogP contribution in [0, 0.1) is 5.92 Å². The number of hydrogen-bond donors (Lipinski definition) is 0. The third-order valence-electron chi connectivity index (χ3n) is 4.18. The molecule has 0 bridgehead atoms. The van der Waals surface area contributed by atoms with Crippen molar-refractivity contribution in [2.75, 3.05) is 13.1 Å². The minimum atomic E-state index is 0.361. The van der Waals surface area contributed by atoms with E-state index >= 15 is 0 Å². The summed E-state index contributed by atoms with van der Waals surface area (Å²) in [5.41, 5.74) is 1.40. The van der Waals surface area contributed by atoms with Gasteiger partial charge in [-0.3, -0.25) is 4.79 Å². The zero-order valence-electron chi connectivity index (χ0n) is 10.8. The van der Waals surface area contributed by atoms with Gasteiger partial charge in [0.25, 0.3) is 0 Å². The Kier molecular flexibility index (Phi) is 3.35. The van der Waals surface area contributed by atoms with Crippen molar-refractivity contribution in [1.82, 2.24) is 4.90 Å². The Morgan fingerprint density at radius 3 is 2.56 bits per heavy atom. The quantitative estimate of drug-likeness (QED) is 0.781. The van der Waals surface area contributed by atoms with E-state index < -0.39 is 0 Å². The maximum Gasteiger partial charge on any atom is 0.225 e. The molecule has 96 valence electrons. The highest BCUT2D eigenvalue weighted by Crippen LogP contribution is 2.33. The summed E-state index contributed by atoms with van der Waals surface area (Å²) < 4.78 is 0. The van der Waals surface area contributed by atoms with Crippen LogP contribution in [0.2, 0.25) is 0 Å². The first-order valence-electron chi connectivity index (χ1n) is 7.18. The van der Waals surface area contributed by atoms with Gasteiger partial charge in [-0.1, -0.05) is 36.8 Å². The molecular formula is C16H21NO. The predicted molar refractivity (Wildman–Crippen MR) is 72.3 cm³/mol. The molecule has 1 aromatic rings. The van der Waals surface area contributed by atoms with Crippen LogP contribution in [0.15, 0.2) is 30.3 Å². The molecule has 18 heavy (non-hydrogen) atoms. The highest BCUT2D eigenvalue weighted by molar-refractivity contribution is 5.81. The molecular weight excluding hydrogens is 222 g/mol. The predicted octanol–water partition coefficient (Wildman–Crippen LogP) is 3.19. The van der Waals surface area contributed by atoms with Crippen molar-refractivity contribution in [2.45, 2.75) is 38.0 Å². The molecule has 1 aliphatic carbocycles. The smallest absolute Gasteiger partial charge is 0.225 e. The molecule has 0 spiro atoms. The fourth-order valence-corrected chi connectivity index (χ4v) is 2.93. The number of likely N-dealkylation sites (tertiary alicyclic amines) is 1. The first kappa shape index (κ1) is 11.8. The Morgan fingerprint density at radius 2 is 1.83 bits per heavy atom. The maximum absolute atomic E-state index is 12.2. The van der Waals surface area contributed by atoms with Crippen LogP contribution in [0.1, 0.15) is 43.6 Å². The Bertz CT molecular complexity index is 410. The Hall–Kier alpha value is -1.31. The molecule has 0 aromatic heterocycles. The van der Waals surface area contributed by atoms with E-state index in [9.17, 15) is 4.79 Å². The molecule has 1 unspecified atom stereocenters. The fourth-order valence-electron chi connectivity index (χ4n) is 2.93. The second-order valence-corrected chi connectivity index (χ2v) is 5.66. The number of nitrogens with zero attached hydrogens (tertiary/aromatic N) is 1. The van der Waals surface area contributed by atoms with Crippen molar-refractivity contribution in [1.29, 1.82) is 0 Å². The zero-order chi connectivity index (χ0) is 12.4. The van der Waals surface area contributed by atoms with Crippen molar-refractivity contribution in [3.05, 3.63) is 35.9 Å². The van der Waals surface area contributed by atoms with E-state index in [1.807, 2.05) is 0 Å². The molecule has 1 aromatic carbocycles. The van der Waals surface area contributed by atoms with Crippen LogP contribution in [0.3, 0.4) is 0 Å². The summed E-state index contributed by atoms with van der Waals surface area (Å²) in [6.45, 7) is 1.90. The van der Waals surface area contributed by atoms with E-state index in [0.29, 0.717) is 17.7 Å². The van der Waals surface area contributed by atoms with Crippen molar-refractivity contribution < 1.29 is 4.79 Å². The Balaban J connectivity index is 1.72. The molecule has 0 radical (unpaired) electrons. The number of carbonyl (C=O) groups excluding carboxylic acids is 1. The average Bonchev–Trinajstić information content (AvgIpc) is 3.25. The lowest BCUT2D eigenvalue weighted by Crippen LogP contribution is -2.35. The van der Waals surface area contributed by atoms with Gasteiger partial charge in [0.05, 0.1) is 0 Å². The van der Waals surface area contributed by atoms with Gasteiger partial charge in [-0.25, -0.2) is 0 Å². The van der Waals surface area contributed by atoms with Gasteiger partial charge in [-0.05, 0) is 31.2 Å². The van der Waals surface area contributed by atoms with Gasteiger partial charge in [0.1, 0.15) is 0 Å². The Labute approximate surface area is 109 Å². The fraction of sp³-hybridized carbons (Fsp3) is 0.562. The van der Waals surface area contributed by atoms with Crippen LogP contribution in [-0.4, -0.2) is 23.9 Å². The molecule has 0 N–H and O–H groups in total. The van der Waals surface area contributed by atoms with Gasteiger partial charge >= 0.3 is 0 Å². The SMILES string of the molecule is O=C(C1CC1)N1CCCCC(c2ccccc2)C1. The van der Waals surface area contributed by atoms with Crippen LogP contribution >= 0.6 is 0 Å². The van der Waals surface area contributed by atoms with Crippen molar-refractivity contribution in [3.8, 4) is 0 Å². The number of hydrogen-bond acceptors (Lipinski definition) is 1. The van der Waals surface area contributed by atoms with E-state index in [0.717, 1.165) is 25.9 Å². The molecule has 2 aliphatic rings. The minimum absolute atomic E-state index is 0.361. The van der Waals surface area contributed by atoms with E-state index in [1.54, 1.807) is 0 Å². The number of carbonyl (C=O) groups is 1. The van der Waals surface area contributed by atoms with Crippen LogP contribution in [0.5, 0.6) is 0 Å². The molecule has 1 aliphatic heterocycles. The standard InChI is InChI=1S/C16H21NO/c18-16(14-9-10-14)17-11-5-4-8-15(12-17)13-6-2-1-3-7-13/h1-3,6-7,14-15H,4-5,8-12H2. The second kappa shape index (κ2) is 5.13. The molecule has 1 atom stereocenters. The topological polar surface area (TPSA) is 20.3 Å². The molecule has 2 fully saturated rings. The lowest BCUT2D eigenvalue weighted by Gasteiger charge is -2.25. The first-order chi connectivity index (χ1) is 8.84. The van der Waals surface area contributed by atoms with E-state index in [1.165, 1.54) is 24.8 Å². The highest BCUT2D eigenvalue weighted by Gasteiger charge is 2.34. The number of amides is 1. The second-order valence-electron chi connectivity index (χ2n) is 5.66. The number of rotatable bonds is 2. The molecule has 2 nitrogen and oxygen atoms in total. The maximum atomic E-state index is 12.2. The zero-order valence-corrected chi connectivity index (χ0v) is 10.8. The summed E-state index contributed by atoms with van der Waals surface area (Å²) in [6.07, 6.45) is 5.87. The molecule has 1 saturated heterocycles. The van der Waals surface area contributed by atoms with Crippen molar-refractivity contribution in [2.24, 2.45) is 5.92 Å². The van der Waals surface area contributed by atoms with Gasteiger partial charge in [0, 0.05) is 24.9 Å². The van der Waals surface area contributed by atoms with Gasteiger partial charge in [-0.15, -0.1) is 0 Å². The van der Waals surface area contributed by atoms with E-state index in [4.69, 9.17) is 0 Å². The lowest BCUT2D eigenvalue weighted by atomic mass is 9.94. The summed E-state index contributed by atoms with van der Waals surface area (Å²) in [4.78, 5) is 14.3. The van der Waals surface area contributed by atoms with Gasteiger partial charge < -0.3 is 4.90 Å². The summed E-state index contributed by atoms with van der Waals surface area (Å²) in [5.74, 6) is 1.31. The lowest BCUT2D eigenvalue weighted by molar-refractivity contribution is -0.132. The monoisotopic (exact) mass is 243 g/mol. The molecule has 1 amide bonds. The first-order valence-corrected chi connectivity index (χ1v) is 7.18. The Morgan fingerprint density at radius 1 is 1.06 bits per heavy atom. The van der Waals surface area contributed by atoms with Gasteiger partial charge in [0.15, 0.2) is 0 Å². The summed E-state index contributed by atoms with van der Waals surface area (Å²) >= 11 is 0. The normalized spacial score (nSPS) is 24.7. The molecule has 2 heteroatoms. The van der Waals surface area contributed by atoms with Crippen LogP contribution in [0.25, 0.3) is 0 Å². The third-order valence-corrected chi connectivity index (χ3v) is 4.18. The summed E-state index contributed by atoms with van der Waals surface area (Å²) in [6, 6.07) is 10.7. The third kappa shape index (κ3) is 2.58. The van der Waals surface area contributed by atoms with Gasteiger partial charge in [0.2, 0.25) is 5.91 Å². The largest absolute Gasteiger partial charge is 0.342 e. The van der Waals surface area contributed by atoms with E-state index in [2.05, 4.69) is 35.2 Å². The molecule has 1 heterocycles. The van der Waals surface area contributed by atoms with Crippen LogP contribution < -0.4 is 0 Å². The highest BCUT2D eigenvalue weighted by atomic mass is 16.2. The summed E-state index contributed by atoms with van der Waals surface area (Å²) in [5, 5.41) is 0. The van der Waals surface area contributed by atoms with Crippen LogP contribution in [-0.2, 0) is 4.79 Å². The minimum Gasteiger partial charge on any atom is -0.342 e. The van der Waals surface area contributed by atoms with Crippen molar-refractivity contribution >= 4 is 5.91 Å². The number of benzene rings is 1. The van der Waals surface area contributed by atoms with E-state index in [-0.39, 0.29) is 0 Å². The average molecular weight is 243 g/mol.